The highest BCUT2D eigenvalue weighted by atomic mass is 19.4. The van der Waals surface area contributed by atoms with E-state index in [1.165, 1.54) is 18.3 Å². The lowest BCUT2D eigenvalue weighted by Crippen LogP contribution is -2.55. The largest absolute Gasteiger partial charge is 0.460 e. The third-order valence-electron chi connectivity index (χ3n) is 4.88. The molecule has 1 aromatic heterocycles. The quantitative estimate of drug-likeness (QED) is 0.436. The minimum atomic E-state index is -4.42. The zero-order valence-corrected chi connectivity index (χ0v) is 17.1. The van der Waals surface area contributed by atoms with Crippen molar-refractivity contribution in [2.45, 2.75) is 32.3 Å². The van der Waals surface area contributed by atoms with Gasteiger partial charge in [-0.1, -0.05) is 12.1 Å². The van der Waals surface area contributed by atoms with Crippen LogP contribution in [0.1, 0.15) is 28.6 Å². The van der Waals surface area contributed by atoms with Gasteiger partial charge >= 0.3 is 18.8 Å². The zero-order chi connectivity index (χ0) is 23.3. The molecule has 3 rings (SSSR count). The molecule has 1 aromatic carbocycles. The van der Waals surface area contributed by atoms with Gasteiger partial charge in [0.1, 0.15) is 0 Å². The number of oxazole rings is 1. The molecule has 0 bridgehead atoms. The van der Waals surface area contributed by atoms with Gasteiger partial charge in [0.05, 0.1) is 31.0 Å². The van der Waals surface area contributed by atoms with Gasteiger partial charge in [0, 0.05) is 26.2 Å². The summed E-state index contributed by atoms with van der Waals surface area (Å²) in [5, 5.41) is 0. The van der Waals surface area contributed by atoms with E-state index in [0.29, 0.717) is 25.2 Å². The number of nitrogens with zero attached hydrogens (tertiary/aromatic N) is 3. The normalized spacial score (nSPS) is 17.7. The Balaban J connectivity index is 1.69. The number of hydrogen-bond donors (Lipinski definition) is 0. The van der Waals surface area contributed by atoms with Gasteiger partial charge in [0.2, 0.25) is 5.76 Å². The first-order valence-electron chi connectivity index (χ1n) is 9.85. The number of aromatic nitrogens is 1. The van der Waals surface area contributed by atoms with E-state index in [-0.39, 0.29) is 31.5 Å². The van der Waals surface area contributed by atoms with Crippen LogP contribution in [-0.4, -0.2) is 61.4 Å². The highest BCUT2D eigenvalue weighted by Gasteiger charge is 2.32. The molecule has 1 aliphatic rings. The Labute approximate surface area is 180 Å². The van der Waals surface area contributed by atoms with Crippen LogP contribution in [0.3, 0.4) is 0 Å². The number of carbonyl (C=O) groups is 1. The van der Waals surface area contributed by atoms with Gasteiger partial charge in [0.15, 0.2) is 0 Å². The second-order valence-corrected chi connectivity index (χ2v) is 7.10. The molecule has 0 unspecified atom stereocenters. The maximum atomic E-state index is 12.7. The molecule has 2 aromatic rings. The van der Waals surface area contributed by atoms with E-state index in [2.05, 4.69) is 9.72 Å². The molecule has 0 saturated carbocycles. The number of piperazine rings is 1. The van der Waals surface area contributed by atoms with Crippen molar-refractivity contribution in [3.8, 4) is 0 Å². The Kier molecular flexibility index (Phi) is 7.67. The van der Waals surface area contributed by atoms with E-state index < -0.39 is 30.4 Å². The summed E-state index contributed by atoms with van der Waals surface area (Å²) < 4.78 is 78.3. The minimum Gasteiger partial charge on any atom is -0.460 e. The van der Waals surface area contributed by atoms with Crippen molar-refractivity contribution in [2.24, 2.45) is 0 Å². The molecule has 1 atom stereocenters. The molecule has 0 N–H and O–H groups in total. The summed E-state index contributed by atoms with van der Waals surface area (Å²) in [5.41, 5.74) is -0.0868. The lowest BCUT2D eigenvalue weighted by molar-refractivity contribution is -0.137. The van der Waals surface area contributed by atoms with Crippen molar-refractivity contribution < 1.29 is 40.6 Å². The van der Waals surface area contributed by atoms with Crippen molar-refractivity contribution >= 4 is 12.0 Å². The molecular formula is C20H22F5N3O4. The van der Waals surface area contributed by atoms with Crippen LogP contribution in [0.5, 0.6) is 0 Å². The standard InChI is InChI=1S/C20H22F5N3O4/c1-2-30-17(29)16-9-26-19(32-16)28-8-7-27(11-15(28)12-31-18(21)22)10-13-3-5-14(6-4-13)20(23,24)25/h3-6,9,15,18H,2,7-8,10-12H2,1H3/t15-/m0/s1. The lowest BCUT2D eigenvalue weighted by atomic mass is 10.1. The summed E-state index contributed by atoms with van der Waals surface area (Å²) >= 11 is 0. The summed E-state index contributed by atoms with van der Waals surface area (Å²) in [5.74, 6) is -0.796. The molecule has 2 heterocycles. The number of esters is 1. The fourth-order valence-electron chi connectivity index (χ4n) is 3.39. The molecule has 1 fully saturated rings. The molecule has 32 heavy (non-hydrogen) atoms. The van der Waals surface area contributed by atoms with E-state index in [0.717, 1.165) is 12.1 Å². The number of halogens is 5. The molecule has 0 amide bonds. The Morgan fingerprint density at radius 2 is 1.97 bits per heavy atom. The molecule has 0 spiro atoms. The molecule has 12 heteroatoms. The van der Waals surface area contributed by atoms with Crippen LogP contribution < -0.4 is 4.90 Å². The molecule has 0 radical (unpaired) electrons. The van der Waals surface area contributed by atoms with Crippen LogP contribution >= 0.6 is 0 Å². The Morgan fingerprint density at radius 1 is 1.25 bits per heavy atom. The average Bonchev–Trinajstić information content (AvgIpc) is 3.22. The van der Waals surface area contributed by atoms with Crippen LogP contribution in [0.2, 0.25) is 0 Å². The highest BCUT2D eigenvalue weighted by molar-refractivity contribution is 5.86. The van der Waals surface area contributed by atoms with Crippen molar-refractivity contribution in [3.05, 3.63) is 47.3 Å². The van der Waals surface area contributed by atoms with Crippen molar-refractivity contribution in [1.82, 2.24) is 9.88 Å². The molecule has 0 aliphatic carbocycles. The monoisotopic (exact) mass is 463 g/mol. The Morgan fingerprint density at radius 3 is 2.59 bits per heavy atom. The number of rotatable bonds is 8. The number of hydrogen-bond acceptors (Lipinski definition) is 7. The third-order valence-corrected chi connectivity index (χ3v) is 4.88. The number of anilines is 1. The Bertz CT molecular complexity index is 888. The van der Waals surface area contributed by atoms with Crippen LogP contribution in [0, 0.1) is 0 Å². The molecule has 1 aliphatic heterocycles. The van der Waals surface area contributed by atoms with Gasteiger partial charge in [-0.05, 0) is 24.6 Å². The van der Waals surface area contributed by atoms with Gasteiger partial charge in [-0.2, -0.15) is 22.0 Å². The summed E-state index contributed by atoms with van der Waals surface area (Å²) in [6.45, 7) is -0.128. The van der Waals surface area contributed by atoms with E-state index in [1.54, 1.807) is 11.8 Å². The summed E-state index contributed by atoms with van der Waals surface area (Å²) in [7, 11) is 0. The zero-order valence-electron chi connectivity index (χ0n) is 17.1. The number of alkyl halides is 5. The van der Waals surface area contributed by atoms with Crippen LogP contribution in [0.15, 0.2) is 34.9 Å². The molecule has 176 valence electrons. The maximum Gasteiger partial charge on any atom is 0.416 e. The predicted octanol–water partition coefficient (Wildman–Crippen LogP) is 3.80. The molecule has 7 nitrogen and oxygen atoms in total. The van der Waals surface area contributed by atoms with Crippen LogP contribution in [0.25, 0.3) is 0 Å². The van der Waals surface area contributed by atoms with E-state index in [1.807, 2.05) is 4.90 Å². The van der Waals surface area contributed by atoms with Gasteiger partial charge in [-0.15, -0.1) is 0 Å². The van der Waals surface area contributed by atoms with Crippen molar-refractivity contribution in [1.29, 1.82) is 0 Å². The summed E-state index contributed by atoms with van der Waals surface area (Å²) in [4.78, 5) is 19.4. The smallest absolute Gasteiger partial charge is 0.416 e. The average molecular weight is 463 g/mol. The third kappa shape index (κ3) is 6.16. The summed E-state index contributed by atoms with van der Waals surface area (Å²) in [6.07, 6.45) is -3.22. The lowest BCUT2D eigenvalue weighted by Gasteiger charge is -2.40. The van der Waals surface area contributed by atoms with Gasteiger partial charge < -0.3 is 18.8 Å². The van der Waals surface area contributed by atoms with E-state index >= 15 is 0 Å². The first-order chi connectivity index (χ1) is 15.2. The van der Waals surface area contributed by atoms with Gasteiger partial charge in [-0.3, -0.25) is 4.90 Å². The Hall–Kier alpha value is -2.73. The van der Waals surface area contributed by atoms with Gasteiger partial charge in [0.25, 0.3) is 6.01 Å². The fraction of sp³-hybridized carbons (Fsp3) is 0.500. The van der Waals surface area contributed by atoms with E-state index in [4.69, 9.17) is 9.15 Å². The first kappa shape index (κ1) is 23.9. The fourth-order valence-corrected chi connectivity index (χ4v) is 3.39. The van der Waals surface area contributed by atoms with Crippen molar-refractivity contribution in [2.75, 3.05) is 37.7 Å². The maximum absolute atomic E-state index is 12.7. The van der Waals surface area contributed by atoms with Crippen molar-refractivity contribution in [3.63, 3.8) is 0 Å². The van der Waals surface area contributed by atoms with E-state index in [9.17, 15) is 26.7 Å². The number of carbonyl (C=O) groups excluding carboxylic acids is 1. The number of benzene rings is 1. The first-order valence-corrected chi connectivity index (χ1v) is 9.85. The second kappa shape index (κ2) is 10.3. The molecule has 1 saturated heterocycles. The highest BCUT2D eigenvalue weighted by Crippen LogP contribution is 2.29. The minimum absolute atomic E-state index is 0.0742. The SMILES string of the molecule is CCOC(=O)c1cnc(N2CCN(Cc3ccc(C(F)(F)F)cc3)C[C@H]2COC(F)F)o1. The summed E-state index contributed by atoms with van der Waals surface area (Å²) in [6, 6.07) is 4.28. The van der Waals surface area contributed by atoms with Crippen LogP contribution in [0.4, 0.5) is 28.0 Å². The van der Waals surface area contributed by atoms with Gasteiger partial charge in [-0.25, -0.2) is 9.78 Å². The molecular weight excluding hydrogens is 441 g/mol. The predicted molar refractivity (Wildman–Crippen MR) is 102 cm³/mol. The topological polar surface area (TPSA) is 68.0 Å². The second-order valence-electron chi connectivity index (χ2n) is 7.10. The van der Waals surface area contributed by atoms with Crippen LogP contribution in [-0.2, 0) is 22.2 Å². The number of ether oxygens (including phenoxy) is 2.